The van der Waals surface area contributed by atoms with Gasteiger partial charge in [0.15, 0.2) is 5.75 Å². The summed E-state index contributed by atoms with van der Waals surface area (Å²) in [6.45, 7) is 4.27. The van der Waals surface area contributed by atoms with Crippen molar-refractivity contribution in [2.45, 2.75) is 51.1 Å². The van der Waals surface area contributed by atoms with Crippen LogP contribution in [0, 0.1) is 0 Å². The summed E-state index contributed by atoms with van der Waals surface area (Å²) in [4.78, 5) is 39.2. The molecule has 1 saturated heterocycles. The molecule has 0 bridgehead atoms. The number of imide groups is 1. The minimum Gasteiger partial charge on any atom is -0.508 e. The molecule has 1 aromatic heterocycles. The quantitative estimate of drug-likeness (QED) is 0.0552. The summed E-state index contributed by atoms with van der Waals surface area (Å²) in [7, 11) is 0. The topological polar surface area (TPSA) is 136 Å². The number of carbonyl (C=O) groups excluding carboxylic acids is 3. The van der Waals surface area contributed by atoms with E-state index in [1.54, 1.807) is 34.4 Å². The number of phenolic OH excluding ortho intramolecular Hbond substituents is 1. The van der Waals surface area contributed by atoms with E-state index >= 15 is 0 Å². The molecule has 7 rings (SSSR count). The average Bonchev–Trinajstić information content (AvgIpc) is 3.71. The lowest BCUT2D eigenvalue weighted by Crippen LogP contribution is -2.52. The van der Waals surface area contributed by atoms with E-state index in [4.69, 9.17) is 18.9 Å². The van der Waals surface area contributed by atoms with Crippen LogP contribution in [0.4, 0.5) is 5.69 Å². The van der Waals surface area contributed by atoms with Crippen molar-refractivity contribution in [2.24, 2.45) is 0 Å². The van der Waals surface area contributed by atoms with Crippen molar-refractivity contribution < 1.29 is 38.4 Å². The second-order valence-electron chi connectivity index (χ2n) is 13.7. The molecule has 11 nitrogen and oxygen atoms in total. The van der Waals surface area contributed by atoms with Crippen molar-refractivity contribution in [1.29, 1.82) is 0 Å². The van der Waals surface area contributed by atoms with E-state index in [1.165, 1.54) is 0 Å². The molecule has 4 aromatic carbocycles. The normalized spacial score (nSPS) is 15.3. The first-order chi connectivity index (χ1) is 27.3. The number of benzene rings is 4. The van der Waals surface area contributed by atoms with Crippen LogP contribution in [0.5, 0.6) is 23.0 Å². The molecule has 2 aliphatic rings. The molecular weight excluding hydrogens is 798 g/mol. The van der Waals surface area contributed by atoms with Gasteiger partial charge in [0.05, 0.1) is 11.5 Å². The number of hydrogen-bond donors (Lipinski definition) is 3. The second-order valence-corrected chi connectivity index (χ2v) is 15.7. The van der Waals surface area contributed by atoms with Crippen LogP contribution in [-0.2, 0) is 25.6 Å². The van der Waals surface area contributed by atoms with Crippen molar-refractivity contribution in [3.8, 4) is 33.4 Å². The van der Waals surface area contributed by atoms with Gasteiger partial charge in [-0.15, -0.1) is 11.3 Å². The zero-order valence-corrected chi connectivity index (χ0v) is 33.3. The maximum Gasteiger partial charge on any atom is 0.255 e. The molecule has 0 radical (unpaired) electrons. The van der Waals surface area contributed by atoms with E-state index in [-0.39, 0.29) is 24.0 Å². The maximum atomic E-state index is 12.9. The van der Waals surface area contributed by atoms with Gasteiger partial charge >= 0.3 is 0 Å². The summed E-state index contributed by atoms with van der Waals surface area (Å²) in [5.74, 6) is 1.61. The number of piperidine rings is 1. The Balaban J connectivity index is 0.727. The molecule has 0 aliphatic carbocycles. The fourth-order valence-electron chi connectivity index (χ4n) is 6.73. The number of aromatic hydroxyl groups is 1. The van der Waals surface area contributed by atoms with Gasteiger partial charge in [-0.05, 0) is 116 Å². The first kappa shape index (κ1) is 39.3. The minimum atomic E-state index is -0.610. The Morgan fingerprint density at radius 2 is 1.55 bits per heavy atom. The molecule has 1 fully saturated rings. The third-order valence-corrected chi connectivity index (χ3v) is 11.3. The first-order valence-electron chi connectivity index (χ1n) is 18.9. The van der Waals surface area contributed by atoms with Crippen LogP contribution in [-0.4, -0.2) is 73.3 Å². The Kier molecular flexibility index (Phi) is 13.2. The van der Waals surface area contributed by atoms with E-state index in [9.17, 15) is 19.5 Å². The molecule has 3 amide bonds. The van der Waals surface area contributed by atoms with Gasteiger partial charge in [-0.3, -0.25) is 19.7 Å². The number of hydrogen-bond acceptors (Lipinski definition) is 10. The molecule has 0 spiro atoms. The van der Waals surface area contributed by atoms with Crippen LogP contribution in [0.3, 0.4) is 0 Å². The predicted molar refractivity (Wildman–Crippen MR) is 220 cm³/mol. The van der Waals surface area contributed by atoms with Crippen molar-refractivity contribution in [3.05, 3.63) is 101 Å². The number of unbranched alkanes of at least 4 members (excludes halogenated alkanes) is 1. The lowest BCUT2D eigenvalue weighted by molar-refractivity contribution is -0.136. The number of thiophene rings is 1. The molecule has 2 aliphatic heterocycles. The van der Waals surface area contributed by atoms with E-state index in [2.05, 4.69) is 38.7 Å². The maximum absolute atomic E-state index is 12.9. The van der Waals surface area contributed by atoms with Gasteiger partial charge in [0, 0.05) is 71.7 Å². The van der Waals surface area contributed by atoms with Crippen LogP contribution < -0.4 is 20.1 Å². The highest BCUT2D eigenvalue weighted by atomic mass is 79.9. The van der Waals surface area contributed by atoms with Gasteiger partial charge in [0.25, 0.3) is 5.91 Å². The minimum absolute atomic E-state index is 0.169. The smallest absolute Gasteiger partial charge is 0.255 e. The molecule has 0 saturated carbocycles. The van der Waals surface area contributed by atoms with Crippen LogP contribution in [0.1, 0.15) is 54.4 Å². The molecule has 3 N–H and O–H groups in total. The van der Waals surface area contributed by atoms with Crippen LogP contribution >= 0.6 is 27.3 Å². The Hall–Kier alpha value is -4.95. The summed E-state index contributed by atoms with van der Waals surface area (Å²) in [5.41, 5.74) is 3.44. The molecule has 56 heavy (non-hydrogen) atoms. The summed E-state index contributed by atoms with van der Waals surface area (Å²) in [5, 5.41) is 16.7. The van der Waals surface area contributed by atoms with E-state index in [0.717, 1.165) is 80.0 Å². The van der Waals surface area contributed by atoms with Gasteiger partial charge in [-0.2, -0.15) is 0 Å². The number of amides is 3. The summed E-state index contributed by atoms with van der Waals surface area (Å²) in [6.07, 6.45) is 4.04. The van der Waals surface area contributed by atoms with Crippen LogP contribution in [0.2, 0.25) is 0 Å². The van der Waals surface area contributed by atoms with Gasteiger partial charge in [-0.1, -0.05) is 28.1 Å². The van der Waals surface area contributed by atoms with Crippen molar-refractivity contribution in [2.75, 3.05) is 44.9 Å². The summed E-state index contributed by atoms with van der Waals surface area (Å²) < 4.78 is 25.9. The molecule has 13 heteroatoms. The van der Waals surface area contributed by atoms with Crippen LogP contribution in [0.15, 0.2) is 89.4 Å². The Morgan fingerprint density at radius 1 is 0.821 bits per heavy atom. The van der Waals surface area contributed by atoms with E-state index in [1.807, 2.05) is 54.6 Å². The highest BCUT2D eigenvalue weighted by Gasteiger charge is 2.39. The van der Waals surface area contributed by atoms with Crippen molar-refractivity contribution in [3.63, 3.8) is 0 Å². The zero-order valence-electron chi connectivity index (χ0n) is 30.9. The van der Waals surface area contributed by atoms with Crippen molar-refractivity contribution in [1.82, 2.24) is 10.2 Å². The number of anilines is 1. The number of fused-ring (bicyclic) bond motifs is 2. The first-order valence-corrected chi connectivity index (χ1v) is 20.5. The van der Waals surface area contributed by atoms with Crippen molar-refractivity contribution >= 4 is 60.8 Å². The number of nitrogens with zero attached hydrogens (tertiary/aromatic N) is 1. The zero-order chi connectivity index (χ0) is 38.9. The largest absolute Gasteiger partial charge is 0.508 e. The second kappa shape index (κ2) is 18.8. The number of halogens is 1. The SMILES string of the molecule is O=C1CCC(N2Cc3cc(NCCCOCCCOCCCCOc4ccc(Oc5c(-c6ccc(Br)cc6)sc6cc(O)ccc56)cc4)ccc3C2=O)C(=O)N1. The Bertz CT molecular complexity index is 2160. The standard InChI is InChI=1S/C43H44BrN3O8S/c44-30-7-5-28(6-8-30)41-40(36-16-10-32(48)26-38(36)56-41)55-34-13-11-33(12-14-34)54-24-2-1-20-52-22-4-23-53-21-3-19-45-31-9-15-35-29(25-31)27-47(43(35)51)37-17-18-39(49)46-42(37)50/h5-16,25-26,37,45,48H,1-4,17-24,27H2,(H,46,49,50). The molecule has 292 valence electrons. The summed E-state index contributed by atoms with van der Waals surface area (Å²) >= 11 is 5.10. The van der Waals surface area contributed by atoms with E-state index in [0.29, 0.717) is 57.3 Å². The molecule has 1 unspecified atom stereocenters. The number of phenols is 1. The number of ether oxygens (including phenoxy) is 4. The summed E-state index contributed by atoms with van der Waals surface area (Å²) in [6, 6.07) is 26.1. The highest BCUT2D eigenvalue weighted by molar-refractivity contribution is 9.10. The van der Waals surface area contributed by atoms with Crippen LogP contribution in [0.25, 0.3) is 20.5 Å². The monoisotopic (exact) mass is 841 g/mol. The number of nitrogens with one attached hydrogen (secondary N) is 2. The number of carbonyl (C=O) groups is 3. The van der Waals surface area contributed by atoms with Gasteiger partial charge in [0.2, 0.25) is 11.8 Å². The lowest BCUT2D eigenvalue weighted by Gasteiger charge is -2.29. The average molecular weight is 843 g/mol. The Morgan fingerprint density at radius 3 is 2.34 bits per heavy atom. The van der Waals surface area contributed by atoms with Gasteiger partial charge in [-0.25, -0.2) is 0 Å². The van der Waals surface area contributed by atoms with Gasteiger partial charge in [0.1, 0.15) is 23.3 Å². The molecule has 5 aromatic rings. The third kappa shape index (κ3) is 9.88. The molecule has 1 atom stereocenters. The highest BCUT2D eigenvalue weighted by Crippen LogP contribution is 2.47. The lowest BCUT2D eigenvalue weighted by atomic mass is 10.0. The third-order valence-electron chi connectivity index (χ3n) is 9.63. The van der Waals surface area contributed by atoms with E-state index < -0.39 is 11.9 Å². The Labute approximate surface area is 338 Å². The fourth-order valence-corrected chi connectivity index (χ4v) is 8.16. The fraction of sp³-hybridized carbons (Fsp3) is 0.326. The van der Waals surface area contributed by atoms with Gasteiger partial charge < -0.3 is 34.3 Å². The molecular formula is C43H44BrN3O8S. The number of rotatable bonds is 19. The predicted octanol–water partition coefficient (Wildman–Crippen LogP) is 8.67. The molecule has 3 heterocycles.